The van der Waals surface area contributed by atoms with Gasteiger partial charge in [-0.3, -0.25) is 4.40 Å². The average molecular weight is 559 g/mol. The first-order chi connectivity index (χ1) is 19.1. The molecular weight excluding hydrogens is 525 g/mol. The molecule has 0 aliphatic carbocycles. The fourth-order valence-corrected chi connectivity index (χ4v) is 5.16. The first-order valence-corrected chi connectivity index (χ1v) is 13.6. The number of fused-ring (bicyclic) bond motifs is 9. The fraction of sp³-hybridized carbons (Fsp3) is 0.500. The molecule has 12 heteroatoms. The van der Waals surface area contributed by atoms with Gasteiger partial charge in [-0.1, -0.05) is 6.42 Å². The van der Waals surface area contributed by atoms with Crippen molar-refractivity contribution in [3.8, 4) is 17.1 Å². The number of hydrogen-bond donors (Lipinski definition) is 1. The van der Waals surface area contributed by atoms with Crippen molar-refractivity contribution in [1.29, 1.82) is 0 Å². The third-order valence-corrected chi connectivity index (χ3v) is 7.39. The number of halogens is 3. The number of carbonyl (C=O) groups excluding carboxylic acids is 1. The zero-order chi connectivity index (χ0) is 28.4. The summed E-state index contributed by atoms with van der Waals surface area (Å²) in [7, 11) is 0. The number of ether oxygens (including phenoxy) is 1. The highest BCUT2D eigenvalue weighted by Crippen LogP contribution is 2.34. The number of furan rings is 1. The van der Waals surface area contributed by atoms with E-state index in [0.717, 1.165) is 12.1 Å². The number of alkyl halides is 3. The number of aromatic nitrogens is 4. The minimum Gasteiger partial charge on any atom is -0.475 e. The maximum absolute atomic E-state index is 13.4. The van der Waals surface area contributed by atoms with Crippen LogP contribution in [-0.2, 0) is 0 Å². The summed E-state index contributed by atoms with van der Waals surface area (Å²) in [5, 5.41) is 2.87. The molecule has 0 saturated heterocycles. The van der Waals surface area contributed by atoms with Crippen LogP contribution in [0.2, 0.25) is 0 Å². The zero-order valence-corrected chi connectivity index (χ0v) is 22.8. The molecule has 9 nitrogen and oxygen atoms in total. The summed E-state index contributed by atoms with van der Waals surface area (Å²) in [4.78, 5) is 29.0. The topological polar surface area (TPSA) is 97.8 Å². The standard InChI is InChI=1S/C28H33F3N6O3/c1-4-36-18(3)22-14-20(24-21(34-22)10-13-39-24)23-16-37-17(2)15-32-25(37)26(35-23)40-12-7-5-6-8-19(33-27(36)38)9-11-28(29,30)31/h10,13-16,18-19H,4-9,11-12H2,1-3H3,(H,33,38). The first-order valence-electron chi connectivity index (χ1n) is 13.6. The molecule has 40 heavy (non-hydrogen) atoms. The maximum Gasteiger partial charge on any atom is 0.389 e. The minimum absolute atomic E-state index is 0.173. The maximum atomic E-state index is 13.4. The number of aryl methyl sites for hydroxylation is 1. The molecular formula is C28H33F3N6O3. The summed E-state index contributed by atoms with van der Waals surface area (Å²) in [5.74, 6) is 0.385. The van der Waals surface area contributed by atoms with Crippen LogP contribution in [0.3, 0.4) is 0 Å². The van der Waals surface area contributed by atoms with Crippen LogP contribution < -0.4 is 10.1 Å². The van der Waals surface area contributed by atoms with E-state index < -0.39 is 30.7 Å². The molecule has 1 aliphatic rings. The molecule has 4 aromatic heterocycles. The Kier molecular flexibility index (Phi) is 7.86. The van der Waals surface area contributed by atoms with Crippen LogP contribution in [0.25, 0.3) is 28.0 Å². The average Bonchev–Trinajstić information content (AvgIpc) is 3.54. The predicted molar refractivity (Wildman–Crippen MR) is 143 cm³/mol. The first kappa shape index (κ1) is 27.7. The van der Waals surface area contributed by atoms with Crippen LogP contribution in [0.1, 0.15) is 69.8 Å². The van der Waals surface area contributed by atoms with Crippen molar-refractivity contribution in [3.05, 3.63) is 42.2 Å². The lowest BCUT2D eigenvalue weighted by Gasteiger charge is -2.30. The van der Waals surface area contributed by atoms with Gasteiger partial charge in [-0.15, -0.1) is 0 Å². The van der Waals surface area contributed by atoms with Crippen LogP contribution in [0, 0.1) is 6.92 Å². The second kappa shape index (κ2) is 11.3. The number of urea groups is 1. The zero-order valence-electron chi connectivity index (χ0n) is 22.8. The van der Waals surface area contributed by atoms with E-state index in [1.807, 2.05) is 37.4 Å². The van der Waals surface area contributed by atoms with Gasteiger partial charge in [0.1, 0.15) is 5.52 Å². The van der Waals surface area contributed by atoms with E-state index in [1.54, 1.807) is 23.4 Å². The monoisotopic (exact) mass is 558 g/mol. The van der Waals surface area contributed by atoms with Crippen molar-refractivity contribution >= 4 is 22.8 Å². The van der Waals surface area contributed by atoms with Crippen molar-refractivity contribution in [3.63, 3.8) is 0 Å². The number of amides is 2. The van der Waals surface area contributed by atoms with Crippen molar-refractivity contribution in [1.82, 2.24) is 29.6 Å². The highest BCUT2D eigenvalue weighted by atomic mass is 19.4. The van der Waals surface area contributed by atoms with Gasteiger partial charge in [-0.05, 0) is 52.5 Å². The SMILES string of the molecule is CCN1C(=O)NC(CCC(F)(F)F)CCCCCOc2nc(cn3c(C)cnc23)-c2cc(nc3ccoc23)C1C. The van der Waals surface area contributed by atoms with E-state index in [4.69, 9.17) is 19.1 Å². The molecule has 0 spiro atoms. The number of hydrogen-bond acceptors (Lipinski definition) is 6. The summed E-state index contributed by atoms with van der Waals surface area (Å²) in [6.07, 6.45) is 2.26. The second-order valence-electron chi connectivity index (χ2n) is 10.2. The van der Waals surface area contributed by atoms with Gasteiger partial charge in [0.05, 0.1) is 30.3 Å². The Labute approximate surface area is 229 Å². The van der Waals surface area contributed by atoms with E-state index in [9.17, 15) is 18.0 Å². The molecule has 5 rings (SSSR count). The van der Waals surface area contributed by atoms with Gasteiger partial charge >= 0.3 is 12.2 Å². The largest absolute Gasteiger partial charge is 0.475 e. The van der Waals surface area contributed by atoms with Gasteiger partial charge in [-0.2, -0.15) is 13.2 Å². The summed E-state index contributed by atoms with van der Waals surface area (Å²) >= 11 is 0. The fourth-order valence-electron chi connectivity index (χ4n) is 5.16. The third kappa shape index (κ3) is 5.85. The van der Waals surface area contributed by atoms with Gasteiger partial charge in [0.15, 0.2) is 5.58 Å². The molecule has 0 saturated carbocycles. The smallest absolute Gasteiger partial charge is 0.389 e. The van der Waals surface area contributed by atoms with Crippen molar-refractivity contribution in [2.75, 3.05) is 13.2 Å². The molecule has 2 atom stereocenters. The second-order valence-corrected chi connectivity index (χ2v) is 10.2. The van der Waals surface area contributed by atoms with Gasteiger partial charge in [0.2, 0.25) is 5.65 Å². The van der Waals surface area contributed by atoms with E-state index >= 15 is 0 Å². The highest BCUT2D eigenvalue weighted by molar-refractivity contribution is 5.89. The van der Waals surface area contributed by atoms with E-state index in [-0.39, 0.29) is 6.42 Å². The molecule has 0 fully saturated rings. The molecule has 2 amide bonds. The third-order valence-electron chi connectivity index (χ3n) is 7.39. The lowest BCUT2D eigenvalue weighted by molar-refractivity contribution is -0.136. The molecule has 0 radical (unpaired) electrons. The van der Waals surface area contributed by atoms with Gasteiger partial charge in [0, 0.05) is 48.7 Å². The number of rotatable bonds is 3. The van der Waals surface area contributed by atoms with Crippen molar-refractivity contribution < 1.29 is 27.1 Å². The van der Waals surface area contributed by atoms with Gasteiger partial charge < -0.3 is 19.4 Å². The predicted octanol–water partition coefficient (Wildman–Crippen LogP) is 6.60. The number of nitrogens with zero attached hydrogens (tertiary/aromatic N) is 5. The van der Waals surface area contributed by atoms with Gasteiger partial charge in [0.25, 0.3) is 5.88 Å². The highest BCUT2D eigenvalue weighted by Gasteiger charge is 2.30. The van der Waals surface area contributed by atoms with Crippen LogP contribution in [0.15, 0.2) is 35.2 Å². The molecule has 5 heterocycles. The molecule has 214 valence electrons. The molecule has 4 bridgehead atoms. The summed E-state index contributed by atoms with van der Waals surface area (Å²) in [6.45, 7) is 6.34. The number of pyridine rings is 1. The van der Waals surface area contributed by atoms with E-state index in [0.29, 0.717) is 72.0 Å². The molecule has 4 aromatic rings. The Balaban J connectivity index is 1.58. The molecule has 2 unspecified atom stereocenters. The Hall–Kier alpha value is -3.83. The lowest BCUT2D eigenvalue weighted by Crippen LogP contribution is -2.46. The van der Waals surface area contributed by atoms with Crippen molar-refractivity contribution in [2.24, 2.45) is 0 Å². The Morgan fingerprint density at radius 2 is 2.02 bits per heavy atom. The Morgan fingerprint density at radius 1 is 1.20 bits per heavy atom. The number of carbonyl (C=O) groups is 1. The minimum atomic E-state index is -4.29. The molecule has 0 aromatic carbocycles. The number of nitrogens with one attached hydrogen (secondary N) is 1. The summed E-state index contributed by atoms with van der Waals surface area (Å²) < 4.78 is 52.9. The van der Waals surface area contributed by atoms with Crippen LogP contribution in [0.5, 0.6) is 5.88 Å². The van der Waals surface area contributed by atoms with Crippen LogP contribution >= 0.6 is 0 Å². The molecule has 1 aliphatic heterocycles. The van der Waals surface area contributed by atoms with Crippen LogP contribution in [-0.4, -0.2) is 55.7 Å². The quantitative estimate of drug-likeness (QED) is 0.304. The Bertz CT molecular complexity index is 1500. The molecule has 1 N–H and O–H groups in total. The van der Waals surface area contributed by atoms with Crippen molar-refractivity contribution in [2.45, 2.75) is 77.6 Å². The summed E-state index contributed by atoms with van der Waals surface area (Å²) in [6, 6.07) is 2.10. The Morgan fingerprint density at radius 3 is 2.80 bits per heavy atom. The number of imidazole rings is 1. The van der Waals surface area contributed by atoms with Crippen LogP contribution in [0.4, 0.5) is 18.0 Å². The summed E-state index contributed by atoms with van der Waals surface area (Å²) in [5.41, 5.74) is 4.53. The van der Waals surface area contributed by atoms with E-state index in [1.165, 1.54) is 0 Å². The lowest BCUT2D eigenvalue weighted by atomic mass is 10.0. The normalized spacial score (nSPS) is 19.4. The van der Waals surface area contributed by atoms with E-state index in [2.05, 4.69) is 10.3 Å². The van der Waals surface area contributed by atoms with Gasteiger partial charge in [-0.25, -0.2) is 19.7 Å².